The molecule has 0 atom stereocenters. The molecule has 0 aliphatic carbocycles. The molecular formula is C13H14BrFN2. The molecule has 0 N–H and O–H groups in total. The molecule has 2 aromatic rings. The summed E-state index contributed by atoms with van der Waals surface area (Å²) >= 11 is 3.13. The number of benzene rings is 1. The molecule has 1 aromatic heterocycles. The maximum atomic E-state index is 14.1. The molecule has 2 nitrogen and oxygen atoms in total. The summed E-state index contributed by atoms with van der Waals surface area (Å²) in [7, 11) is 0. The van der Waals surface area contributed by atoms with Gasteiger partial charge in [-0.1, -0.05) is 19.4 Å². The van der Waals surface area contributed by atoms with E-state index in [2.05, 4.69) is 21.0 Å². The average molecular weight is 299 g/mol. The SMILES string of the molecule is [2H]C([2H])(CC)c1cc(C)nn1-c1cccc(Br)c1F. The highest BCUT2D eigenvalue weighted by Gasteiger charge is 2.12. The maximum Gasteiger partial charge on any atom is 0.163 e. The molecule has 0 fully saturated rings. The predicted octanol–water partition coefficient (Wildman–Crippen LogP) is 4.03. The predicted molar refractivity (Wildman–Crippen MR) is 70.0 cm³/mol. The highest BCUT2D eigenvalue weighted by atomic mass is 79.9. The lowest BCUT2D eigenvalue weighted by atomic mass is 10.2. The van der Waals surface area contributed by atoms with Gasteiger partial charge in [0.1, 0.15) is 5.69 Å². The minimum Gasteiger partial charge on any atom is -0.235 e. The first-order valence-electron chi connectivity index (χ1n) is 6.38. The summed E-state index contributed by atoms with van der Waals surface area (Å²) in [4.78, 5) is 0. The van der Waals surface area contributed by atoms with Gasteiger partial charge in [-0.25, -0.2) is 9.07 Å². The van der Waals surface area contributed by atoms with Gasteiger partial charge in [-0.05, 0) is 47.4 Å². The molecule has 1 heterocycles. The monoisotopic (exact) mass is 298 g/mol. The van der Waals surface area contributed by atoms with Crippen molar-refractivity contribution in [3.63, 3.8) is 0 Å². The Bertz CT molecular complexity index is 611. The fraction of sp³-hybridized carbons (Fsp3) is 0.308. The summed E-state index contributed by atoms with van der Waals surface area (Å²) in [6.45, 7) is 3.52. The zero-order chi connectivity index (χ0) is 14.2. The van der Waals surface area contributed by atoms with Crippen molar-refractivity contribution in [3.05, 3.63) is 45.9 Å². The Hall–Kier alpha value is -1.16. The first-order chi connectivity index (χ1) is 8.86. The van der Waals surface area contributed by atoms with Gasteiger partial charge in [-0.2, -0.15) is 5.10 Å². The van der Waals surface area contributed by atoms with Crippen molar-refractivity contribution < 1.29 is 7.13 Å². The third-order valence-electron chi connectivity index (χ3n) is 2.35. The van der Waals surface area contributed by atoms with Crippen molar-refractivity contribution in [2.75, 3.05) is 0 Å². The van der Waals surface area contributed by atoms with Crippen LogP contribution in [0.1, 0.15) is 27.5 Å². The molecule has 0 unspecified atom stereocenters. The number of aromatic nitrogens is 2. The zero-order valence-electron chi connectivity index (χ0n) is 11.7. The molecule has 0 spiro atoms. The Morgan fingerprint density at radius 2 is 2.29 bits per heavy atom. The molecule has 2 rings (SSSR count). The van der Waals surface area contributed by atoms with Crippen LogP contribution in [-0.2, 0) is 6.37 Å². The summed E-state index contributed by atoms with van der Waals surface area (Å²) in [5, 5.41) is 4.21. The fourth-order valence-electron chi connectivity index (χ4n) is 1.65. The fourth-order valence-corrected chi connectivity index (χ4v) is 2.00. The molecule has 0 amide bonds. The number of hydrogen-bond donors (Lipinski definition) is 0. The van der Waals surface area contributed by atoms with E-state index in [4.69, 9.17) is 2.74 Å². The zero-order valence-corrected chi connectivity index (χ0v) is 11.3. The van der Waals surface area contributed by atoms with Crippen LogP contribution in [-0.4, -0.2) is 9.78 Å². The van der Waals surface area contributed by atoms with E-state index in [1.807, 2.05) is 0 Å². The Morgan fingerprint density at radius 3 is 3.00 bits per heavy atom. The van der Waals surface area contributed by atoms with Crippen LogP contribution >= 0.6 is 15.9 Å². The van der Waals surface area contributed by atoms with Gasteiger partial charge in [0.05, 0.1) is 10.2 Å². The lowest BCUT2D eigenvalue weighted by Gasteiger charge is -2.08. The molecule has 0 aliphatic heterocycles. The van der Waals surface area contributed by atoms with E-state index in [9.17, 15) is 4.39 Å². The van der Waals surface area contributed by atoms with Crippen LogP contribution < -0.4 is 0 Å². The third-order valence-corrected chi connectivity index (χ3v) is 2.96. The number of aryl methyl sites for hydroxylation is 2. The van der Waals surface area contributed by atoms with Crippen molar-refractivity contribution >= 4 is 15.9 Å². The van der Waals surface area contributed by atoms with E-state index in [0.717, 1.165) is 0 Å². The molecule has 0 aliphatic rings. The van der Waals surface area contributed by atoms with Gasteiger partial charge in [-0.15, -0.1) is 0 Å². The first-order valence-corrected chi connectivity index (χ1v) is 6.17. The van der Waals surface area contributed by atoms with E-state index in [1.54, 1.807) is 38.1 Å². The van der Waals surface area contributed by atoms with Crippen molar-refractivity contribution in [3.8, 4) is 5.69 Å². The number of nitrogens with zero attached hydrogens (tertiary/aromatic N) is 2. The highest BCUT2D eigenvalue weighted by molar-refractivity contribution is 9.10. The molecule has 1 aromatic carbocycles. The van der Waals surface area contributed by atoms with Gasteiger partial charge in [0.15, 0.2) is 5.82 Å². The van der Waals surface area contributed by atoms with Gasteiger partial charge in [0.25, 0.3) is 0 Å². The van der Waals surface area contributed by atoms with Gasteiger partial charge in [0, 0.05) is 8.44 Å². The molecule has 0 bridgehead atoms. The van der Waals surface area contributed by atoms with Gasteiger partial charge in [0.2, 0.25) is 0 Å². The van der Waals surface area contributed by atoms with Gasteiger partial charge >= 0.3 is 0 Å². The number of rotatable bonds is 3. The second kappa shape index (κ2) is 5.00. The second-order valence-corrected chi connectivity index (χ2v) is 4.54. The van der Waals surface area contributed by atoms with E-state index in [-0.39, 0.29) is 5.69 Å². The Balaban J connectivity index is 2.66. The lowest BCUT2D eigenvalue weighted by Crippen LogP contribution is -2.04. The van der Waals surface area contributed by atoms with Gasteiger partial charge in [-0.3, -0.25) is 0 Å². The van der Waals surface area contributed by atoms with Crippen molar-refractivity contribution in [2.45, 2.75) is 26.6 Å². The summed E-state index contributed by atoms with van der Waals surface area (Å²) < 4.78 is 31.8. The molecular weight excluding hydrogens is 283 g/mol. The minimum atomic E-state index is -1.55. The second-order valence-electron chi connectivity index (χ2n) is 3.69. The quantitative estimate of drug-likeness (QED) is 0.836. The van der Waals surface area contributed by atoms with E-state index < -0.39 is 12.2 Å². The van der Waals surface area contributed by atoms with E-state index in [0.29, 0.717) is 22.3 Å². The van der Waals surface area contributed by atoms with Crippen LogP contribution in [0.15, 0.2) is 28.7 Å². The Kier molecular flexibility index (Phi) is 2.89. The van der Waals surface area contributed by atoms with Crippen LogP contribution in [0.3, 0.4) is 0 Å². The largest absolute Gasteiger partial charge is 0.235 e. The minimum absolute atomic E-state index is 0.245. The standard InChI is InChI=1S/C13H14BrFN2/c1-3-5-10-8-9(2)16-17(10)12-7-4-6-11(14)13(12)15/h4,6-8H,3,5H2,1-2H3/i5D2. The summed E-state index contributed by atoms with van der Waals surface area (Å²) in [6, 6.07) is 6.54. The van der Waals surface area contributed by atoms with Crippen LogP contribution in [0.4, 0.5) is 4.39 Å². The van der Waals surface area contributed by atoms with Gasteiger partial charge < -0.3 is 0 Å². The summed E-state index contributed by atoms with van der Waals surface area (Å²) in [6.07, 6.45) is -1.25. The highest BCUT2D eigenvalue weighted by Crippen LogP contribution is 2.23. The lowest BCUT2D eigenvalue weighted by molar-refractivity contribution is 0.599. The van der Waals surface area contributed by atoms with Crippen LogP contribution in [0.25, 0.3) is 5.69 Å². The van der Waals surface area contributed by atoms with Crippen molar-refractivity contribution in [1.82, 2.24) is 9.78 Å². The van der Waals surface area contributed by atoms with E-state index in [1.165, 1.54) is 4.68 Å². The Morgan fingerprint density at radius 1 is 1.53 bits per heavy atom. The van der Waals surface area contributed by atoms with Crippen LogP contribution in [0.5, 0.6) is 0 Å². The maximum absolute atomic E-state index is 14.1. The molecule has 4 heteroatoms. The molecule has 0 saturated carbocycles. The first kappa shape index (κ1) is 9.83. The topological polar surface area (TPSA) is 17.8 Å². The summed E-state index contributed by atoms with van der Waals surface area (Å²) in [5.41, 5.74) is 1.27. The molecule has 0 saturated heterocycles. The number of halogens is 2. The molecule has 90 valence electrons. The van der Waals surface area contributed by atoms with Crippen molar-refractivity contribution in [2.24, 2.45) is 0 Å². The number of hydrogen-bond acceptors (Lipinski definition) is 1. The molecule has 0 radical (unpaired) electrons. The average Bonchev–Trinajstić information content (AvgIpc) is 2.75. The normalized spacial score (nSPS) is 13.4. The van der Waals surface area contributed by atoms with Crippen molar-refractivity contribution in [1.29, 1.82) is 0 Å². The third kappa shape index (κ3) is 2.41. The molecule has 17 heavy (non-hydrogen) atoms. The Labute approximate surface area is 111 Å². The van der Waals surface area contributed by atoms with E-state index >= 15 is 0 Å². The summed E-state index contributed by atoms with van der Waals surface area (Å²) in [5.74, 6) is -0.446. The van der Waals surface area contributed by atoms with Crippen LogP contribution in [0.2, 0.25) is 0 Å². The smallest absolute Gasteiger partial charge is 0.163 e. The van der Waals surface area contributed by atoms with Crippen LogP contribution in [0, 0.1) is 12.7 Å².